The zero-order valence-corrected chi connectivity index (χ0v) is 16.3. The number of nitrogens with one attached hydrogen (secondary N) is 1. The van der Waals surface area contributed by atoms with E-state index in [2.05, 4.69) is 10.3 Å². The van der Waals surface area contributed by atoms with E-state index in [4.69, 9.17) is 0 Å². The lowest BCUT2D eigenvalue weighted by atomic mass is 10.1. The van der Waals surface area contributed by atoms with Crippen LogP contribution in [0.2, 0.25) is 0 Å². The number of amides is 1. The predicted octanol–water partition coefficient (Wildman–Crippen LogP) is 3.77. The summed E-state index contributed by atoms with van der Waals surface area (Å²) in [6.07, 6.45) is 1.66. The summed E-state index contributed by atoms with van der Waals surface area (Å²) in [5, 5.41) is 13.3. The fourth-order valence-corrected chi connectivity index (χ4v) is 3.57. The summed E-state index contributed by atoms with van der Waals surface area (Å²) >= 11 is 1.37. The average Bonchev–Trinajstić information content (AvgIpc) is 3.06. The Labute approximate surface area is 163 Å². The van der Waals surface area contributed by atoms with Gasteiger partial charge in [0.05, 0.1) is 24.3 Å². The normalized spacial score (nSPS) is 10.8. The Morgan fingerprint density at radius 2 is 1.93 bits per heavy atom. The maximum atomic E-state index is 12.4. The number of carbonyl (C=O) groups excluding carboxylic acids is 1. The Morgan fingerprint density at radius 1 is 1.15 bits per heavy atom. The molecule has 2 aromatic carbocycles. The lowest BCUT2D eigenvalue weighted by Crippen LogP contribution is -2.16. The van der Waals surface area contributed by atoms with Gasteiger partial charge in [0.2, 0.25) is 5.91 Å². The monoisotopic (exact) mass is 381 g/mol. The first-order valence-electron chi connectivity index (χ1n) is 8.76. The minimum atomic E-state index is -0.0882. The van der Waals surface area contributed by atoms with E-state index in [1.165, 1.54) is 11.8 Å². The quantitative estimate of drug-likeness (QED) is 0.612. The van der Waals surface area contributed by atoms with Crippen LogP contribution >= 0.6 is 11.8 Å². The summed E-state index contributed by atoms with van der Waals surface area (Å²) in [6, 6.07) is 15.9. The third-order valence-electron chi connectivity index (χ3n) is 4.46. The highest BCUT2D eigenvalue weighted by molar-refractivity contribution is 7.99. The van der Waals surface area contributed by atoms with E-state index in [0.29, 0.717) is 6.54 Å². The SMILES string of the molecule is Cc1cccc(NC(=O)CSc2ncc(CO)n2Cc2ccccc2)c1C. The first-order valence-corrected chi connectivity index (χ1v) is 9.75. The number of carbonyl (C=O) groups is 1. The molecule has 1 amide bonds. The number of hydrogen-bond acceptors (Lipinski definition) is 4. The van der Waals surface area contributed by atoms with Crippen LogP contribution in [0.1, 0.15) is 22.4 Å². The topological polar surface area (TPSA) is 67.2 Å². The second-order valence-corrected chi connectivity index (χ2v) is 7.29. The molecule has 0 unspecified atom stereocenters. The second kappa shape index (κ2) is 8.88. The maximum absolute atomic E-state index is 12.4. The standard InChI is InChI=1S/C21H23N3O2S/c1-15-7-6-10-19(16(15)2)23-20(26)14-27-21-22-11-18(13-25)24(21)12-17-8-4-3-5-9-17/h3-11,25H,12-14H2,1-2H3,(H,23,26). The van der Waals surface area contributed by atoms with Crippen LogP contribution in [0.4, 0.5) is 5.69 Å². The van der Waals surface area contributed by atoms with E-state index in [1.807, 2.05) is 66.9 Å². The molecule has 0 aliphatic rings. The third kappa shape index (κ3) is 4.78. The molecule has 3 aromatic rings. The van der Waals surface area contributed by atoms with Crippen molar-refractivity contribution in [1.29, 1.82) is 0 Å². The number of aromatic nitrogens is 2. The molecule has 0 saturated carbocycles. The average molecular weight is 382 g/mol. The fraction of sp³-hybridized carbons (Fsp3) is 0.238. The maximum Gasteiger partial charge on any atom is 0.234 e. The number of hydrogen-bond donors (Lipinski definition) is 2. The molecule has 0 spiro atoms. The lowest BCUT2D eigenvalue weighted by Gasteiger charge is -2.12. The Hall–Kier alpha value is -2.57. The van der Waals surface area contributed by atoms with Crippen LogP contribution < -0.4 is 5.32 Å². The van der Waals surface area contributed by atoms with E-state index in [-0.39, 0.29) is 18.3 Å². The number of nitrogens with zero attached hydrogens (tertiary/aromatic N) is 2. The van der Waals surface area contributed by atoms with E-state index in [0.717, 1.165) is 33.2 Å². The van der Waals surface area contributed by atoms with Crippen molar-refractivity contribution < 1.29 is 9.90 Å². The Morgan fingerprint density at radius 3 is 2.67 bits per heavy atom. The van der Waals surface area contributed by atoms with Crippen LogP contribution in [-0.2, 0) is 17.9 Å². The molecule has 0 saturated heterocycles. The summed E-state index contributed by atoms with van der Waals surface area (Å²) in [7, 11) is 0. The summed E-state index contributed by atoms with van der Waals surface area (Å²) in [5.41, 5.74) is 4.91. The summed E-state index contributed by atoms with van der Waals surface area (Å²) in [5.74, 6) is 0.179. The summed E-state index contributed by atoms with van der Waals surface area (Å²) in [6.45, 7) is 4.54. The molecule has 140 valence electrons. The Bertz CT molecular complexity index is 922. The van der Waals surface area contributed by atoms with Gasteiger partial charge < -0.3 is 15.0 Å². The zero-order chi connectivity index (χ0) is 19.2. The molecule has 1 heterocycles. The molecule has 0 atom stereocenters. The third-order valence-corrected chi connectivity index (χ3v) is 5.45. The number of imidazole rings is 1. The minimum Gasteiger partial charge on any atom is -0.390 e. The first kappa shape index (κ1) is 19.2. The minimum absolute atomic E-state index is 0.0755. The number of rotatable bonds is 7. The predicted molar refractivity (Wildman–Crippen MR) is 109 cm³/mol. The number of thioether (sulfide) groups is 1. The molecule has 0 bridgehead atoms. The van der Waals surface area contributed by atoms with Gasteiger partial charge >= 0.3 is 0 Å². The fourth-order valence-electron chi connectivity index (χ4n) is 2.77. The van der Waals surface area contributed by atoms with Crippen molar-refractivity contribution in [2.45, 2.75) is 32.2 Å². The molecule has 6 heteroatoms. The Balaban J connectivity index is 1.68. The van der Waals surface area contributed by atoms with Gasteiger partial charge in [0.1, 0.15) is 0 Å². The summed E-state index contributed by atoms with van der Waals surface area (Å²) in [4.78, 5) is 16.8. The molecule has 5 nitrogen and oxygen atoms in total. The van der Waals surface area contributed by atoms with Crippen LogP contribution in [-0.4, -0.2) is 26.3 Å². The van der Waals surface area contributed by atoms with Crippen molar-refractivity contribution in [3.8, 4) is 0 Å². The number of aliphatic hydroxyl groups is 1. The van der Waals surface area contributed by atoms with Crippen molar-refractivity contribution in [3.63, 3.8) is 0 Å². The molecule has 27 heavy (non-hydrogen) atoms. The first-order chi connectivity index (χ1) is 13.1. The van der Waals surface area contributed by atoms with Gasteiger partial charge in [-0.2, -0.15) is 0 Å². The van der Waals surface area contributed by atoms with Gasteiger partial charge in [0.25, 0.3) is 0 Å². The molecular formula is C21H23N3O2S. The highest BCUT2D eigenvalue weighted by Crippen LogP contribution is 2.22. The Kier molecular flexibility index (Phi) is 6.32. The molecule has 0 fully saturated rings. The molecule has 0 aliphatic heterocycles. The van der Waals surface area contributed by atoms with Gasteiger partial charge in [0.15, 0.2) is 5.16 Å². The molecule has 1 aromatic heterocycles. The van der Waals surface area contributed by atoms with Crippen LogP contribution in [0, 0.1) is 13.8 Å². The van der Waals surface area contributed by atoms with Crippen molar-refractivity contribution in [1.82, 2.24) is 9.55 Å². The van der Waals surface area contributed by atoms with Gasteiger partial charge in [0, 0.05) is 12.2 Å². The number of benzene rings is 2. The van der Waals surface area contributed by atoms with Gasteiger partial charge in [-0.25, -0.2) is 4.98 Å². The van der Waals surface area contributed by atoms with Crippen LogP contribution in [0.15, 0.2) is 59.9 Å². The van der Waals surface area contributed by atoms with E-state index in [9.17, 15) is 9.90 Å². The van der Waals surface area contributed by atoms with Gasteiger partial charge in [-0.15, -0.1) is 0 Å². The highest BCUT2D eigenvalue weighted by Gasteiger charge is 2.13. The molecule has 3 rings (SSSR count). The molecule has 0 aliphatic carbocycles. The zero-order valence-electron chi connectivity index (χ0n) is 15.5. The van der Waals surface area contributed by atoms with Crippen molar-refractivity contribution in [3.05, 3.63) is 77.1 Å². The molecule has 0 radical (unpaired) electrons. The van der Waals surface area contributed by atoms with Crippen molar-refractivity contribution in [2.75, 3.05) is 11.1 Å². The van der Waals surface area contributed by atoms with Gasteiger partial charge in [-0.3, -0.25) is 4.79 Å². The van der Waals surface area contributed by atoms with Crippen molar-refractivity contribution >= 4 is 23.4 Å². The lowest BCUT2D eigenvalue weighted by molar-refractivity contribution is -0.113. The smallest absolute Gasteiger partial charge is 0.234 e. The number of anilines is 1. The van der Waals surface area contributed by atoms with E-state index < -0.39 is 0 Å². The van der Waals surface area contributed by atoms with E-state index >= 15 is 0 Å². The highest BCUT2D eigenvalue weighted by atomic mass is 32.2. The van der Waals surface area contributed by atoms with Gasteiger partial charge in [-0.05, 0) is 36.6 Å². The van der Waals surface area contributed by atoms with Crippen LogP contribution in [0.5, 0.6) is 0 Å². The van der Waals surface area contributed by atoms with Gasteiger partial charge in [-0.1, -0.05) is 54.2 Å². The van der Waals surface area contributed by atoms with Crippen LogP contribution in [0.25, 0.3) is 0 Å². The van der Waals surface area contributed by atoms with E-state index in [1.54, 1.807) is 6.20 Å². The van der Waals surface area contributed by atoms with Crippen LogP contribution in [0.3, 0.4) is 0 Å². The number of aliphatic hydroxyl groups excluding tert-OH is 1. The molecular weight excluding hydrogens is 358 g/mol. The summed E-state index contributed by atoms with van der Waals surface area (Å²) < 4.78 is 1.95. The second-order valence-electron chi connectivity index (χ2n) is 6.35. The largest absolute Gasteiger partial charge is 0.390 e. The van der Waals surface area contributed by atoms with Crippen molar-refractivity contribution in [2.24, 2.45) is 0 Å². The number of aryl methyl sites for hydroxylation is 1. The molecule has 2 N–H and O–H groups in total.